The second-order valence-corrected chi connectivity index (χ2v) is 7.90. The zero-order valence-corrected chi connectivity index (χ0v) is 20.5. The lowest BCUT2D eigenvalue weighted by Crippen LogP contribution is -2.18. The van der Waals surface area contributed by atoms with E-state index >= 15 is 0 Å². The Bertz CT molecular complexity index is 401. The van der Waals surface area contributed by atoms with Crippen molar-refractivity contribution in [3.05, 3.63) is 47.5 Å². The predicted molar refractivity (Wildman–Crippen MR) is 129 cm³/mol. The average Bonchev–Trinajstić information content (AvgIpc) is 2.63. The van der Waals surface area contributed by atoms with Gasteiger partial charge in [-0.25, -0.2) is 0 Å². The van der Waals surface area contributed by atoms with Gasteiger partial charge in [0.15, 0.2) is 0 Å². The Kier molecular flexibility index (Phi) is 26.1. The maximum absolute atomic E-state index is 3.12. The molecule has 0 aliphatic carbocycles. The molecule has 0 aliphatic heterocycles. The number of hydrogen-bond donors (Lipinski definition) is 1. The Hall–Kier alpha value is -1.08. The molecule has 2 unspecified atom stereocenters. The van der Waals surface area contributed by atoms with Crippen LogP contribution >= 0.6 is 0 Å². The molecule has 0 amide bonds. The third-order valence-corrected chi connectivity index (χ3v) is 3.98. The number of rotatable bonds is 6. The van der Waals surface area contributed by atoms with Crippen LogP contribution in [0.15, 0.2) is 42.0 Å². The quantitative estimate of drug-likeness (QED) is 0.489. The van der Waals surface area contributed by atoms with Crippen LogP contribution in [0.2, 0.25) is 0 Å². The predicted octanol–water partition coefficient (Wildman–Crippen LogP) is 8.62. The van der Waals surface area contributed by atoms with Crippen molar-refractivity contribution in [2.24, 2.45) is 5.92 Å². The maximum Gasteiger partial charge on any atom is 0.0221 e. The molecule has 0 fully saturated rings. The van der Waals surface area contributed by atoms with Crippen LogP contribution < -0.4 is 5.32 Å². The first-order chi connectivity index (χ1) is 12.7. The van der Waals surface area contributed by atoms with E-state index in [2.05, 4.69) is 105 Å². The van der Waals surface area contributed by atoms with Crippen LogP contribution in [-0.4, -0.2) is 13.1 Å². The summed E-state index contributed by atoms with van der Waals surface area (Å²) < 4.78 is 0. The summed E-state index contributed by atoms with van der Waals surface area (Å²) in [6.07, 6.45) is 7.53. The number of allylic oxidation sites excluding steroid dienone is 1. The van der Waals surface area contributed by atoms with Gasteiger partial charge in [0.1, 0.15) is 0 Å². The first kappa shape index (κ1) is 30.6. The van der Waals surface area contributed by atoms with Gasteiger partial charge in [0.2, 0.25) is 0 Å². The maximum atomic E-state index is 3.12. The monoisotopic (exact) mass is 377 g/mol. The van der Waals surface area contributed by atoms with Gasteiger partial charge < -0.3 is 5.32 Å². The van der Waals surface area contributed by atoms with Crippen LogP contribution in [0.3, 0.4) is 0 Å². The smallest absolute Gasteiger partial charge is 0.0221 e. The summed E-state index contributed by atoms with van der Waals surface area (Å²) in [4.78, 5) is 0. The molecule has 0 aromatic heterocycles. The highest BCUT2D eigenvalue weighted by atomic mass is 14.8. The molecule has 27 heavy (non-hydrogen) atoms. The molecule has 160 valence electrons. The molecule has 0 radical (unpaired) electrons. The van der Waals surface area contributed by atoms with E-state index < -0.39 is 0 Å². The van der Waals surface area contributed by atoms with E-state index in [1.54, 1.807) is 0 Å². The van der Waals surface area contributed by atoms with Crippen molar-refractivity contribution in [1.29, 1.82) is 0 Å². The minimum atomic E-state index is 0.514. The molecule has 1 heteroatoms. The number of likely N-dealkylation sites (N-methyl/N-ethyl adjacent to an activating group) is 1. The molecule has 1 aromatic carbocycles. The van der Waals surface area contributed by atoms with Gasteiger partial charge in [-0.2, -0.15) is 0 Å². The van der Waals surface area contributed by atoms with Gasteiger partial charge in [-0.15, -0.1) is 0 Å². The van der Waals surface area contributed by atoms with Crippen molar-refractivity contribution in [3.8, 4) is 0 Å². The SMILES string of the molecule is CC(C)c1ccccc1.CCC.CCCC(C)CC.CNC(C)C=C(C)C. The van der Waals surface area contributed by atoms with Crippen molar-refractivity contribution in [1.82, 2.24) is 5.32 Å². The van der Waals surface area contributed by atoms with Crippen molar-refractivity contribution in [2.45, 2.75) is 107 Å². The van der Waals surface area contributed by atoms with Crippen LogP contribution in [0.25, 0.3) is 0 Å². The van der Waals surface area contributed by atoms with Gasteiger partial charge >= 0.3 is 0 Å². The molecule has 1 rings (SSSR count). The summed E-state index contributed by atoms with van der Waals surface area (Å²) >= 11 is 0. The second-order valence-electron chi connectivity index (χ2n) is 7.90. The van der Waals surface area contributed by atoms with Crippen molar-refractivity contribution in [3.63, 3.8) is 0 Å². The molecule has 0 saturated carbocycles. The number of benzene rings is 1. The minimum Gasteiger partial charge on any atom is -0.314 e. The molecule has 0 spiro atoms. The molecule has 0 bridgehead atoms. The first-order valence-electron chi connectivity index (χ1n) is 11.1. The second kappa shape index (κ2) is 23.0. The molecule has 0 aliphatic rings. The highest BCUT2D eigenvalue weighted by Gasteiger charge is 1.93. The van der Waals surface area contributed by atoms with E-state index in [4.69, 9.17) is 0 Å². The van der Waals surface area contributed by atoms with Crippen molar-refractivity contribution in [2.75, 3.05) is 7.05 Å². The normalized spacial score (nSPS) is 11.6. The fourth-order valence-corrected chi connectivity index (χ4v) is 2.12. The van der Waals surface area contributed by atoms with E-state index in [0.717, 1.165) is 5.92 Å². The molecular weight excluding hydrogens is 326 g/mol. The summed E-state index contributed by atoms with van der Waals surface area (Å²) in [6, 6.07) is 11.0. The largest absolute Gasteiger partial charge is 0.314 e. The highest BCUT2D eigenvalue weighted by molar-refractivity contribution is 5.17. The molecular formula is C26H51N. The first-order valence-corrected chi connectivity index (χ1v) is 11.1. The number of hydrogen-bond acceptors (Lipinski definition) is 1. The van der Waals surface area contributed by atoms with Crippen LogP contribution in [0.1, 0.15) is 106 Å². The molecule has 0 saturated heterocycles. The molecule has 2 atom stereocenters. The van der Waals surface area contributed by atoms with Gasteiger partial charge in [-0.05, 0) is 45.2 Å². The average molecular weight is 378 g/mol. The van der Waals surface area contributed by atoms with Gasteiger partial charge in [0.05, 0.1) is 0 Å². The lowest BCUT2D eigenvalue weighted by atomic mass is 10.0. The van der Waals surface area contributed by atoms with Gasteiger partial charge in [-0.3, -0.25) is 0 Å². The Morgan fingerprint density at radius 2 is 1.41 bits per heavy atom. The third-order valence-electron chi connectivity index (χ3n) is 3.98. The van der Waals surface area contributed by atoms with E-state index in [1.807, 2.05) is 13.1 Å². The Morgan fingerprint density at radius 1 is 0.926 bits per heavy atom. The fraction of sp³-hybridized carbons (Fsp3) is 0.692. The van der Waals surface area contributed by atoms with E-state index in [-0.39, 0.29) is 0 Å². The topological polar surface area (TPSA) is 12.0 Å². The van der Waals surface area contributed by atoms with Crippen LogP contribution in [0, 0.1) is 5.92 Å². The molecule has 1 nitrogen and oxygen atoms in total. The van der Waals surface area contributed by atoms with Crippen LogP contribution in [0.4, 0.5) is 0 Å². The van der Waals surface area contributed by atoms with E-state index in [0.29, 0.717) is 12.0 Å². The van der Waals surface area contributed by atoms with Crippen LogP contribution in [0.5, 0.6) is 0 Å². The lowest BCUT2D eigenvalue weighted by molar-refractivity contribution is 0.509. The van der Waals surface area contributed by atoms with Crippen LogP contribution in [-0.2, 0) is 0 Å². The van der Waals surface area contributed by atoms with Gasteiger partial charge in [0.25, 0.3) is 0 Å². The van der Waals surface area contributed by atoms with Gasteiger partial charge in [-0.1, -0.05) is 116 Å². The number of nitrogens with one attached hydrogen (secondary N) is 1. The standard InChI is InChI=1S/C9H12.C7H15N.C7H16.C3H8/c1-8(2)9-6-4-3-5-7-9;1-6(2)5-7(3)8-4;1-4-6-7(3)5-2;1-3-2/h3-8H,1-2H3;5,7-8H,1-4H3;7H,4-6H2,1-3H3;3H2,1-2H3. The Balaban J connectivity index is -0.000000300. The summed E-state index contributed by atoms with van der Waals surface area (Å²) in [7, 11) is 1.96. The van der Waals surface area contributed by atoms with E-state index in [1.165, 1.54) is 36.8 Å². The summed E-state index contributed by atoms with van der Waals surface area (Å²) in [6.45, 7) is 21.8. The van der Waals surface area contributed by atoms with Crippen molar-refractivity contribution < 1.29 is 0 Å². The zero-order chi connectivity index (χ0) is 21.7. The zero-order valence-electron chi connectivity index (χ0n) is 20.5. The summed E-state index contributed by atoms with van der Waals surface area (Å²) in [5.41, 5.74) is 2.78. The minimum absolute atomic E-state index is 0.514. The Labute approximate surface area is 173 Å². The lowest BCUT2D eigenvalue weighted by Gasteiger charge is -2.02. The summed E-state index contributed by atoms with van der Waals surface area (Å²) in [5, 5.41) is 3.12. The molecule has 1 aromatic rings. The summed E-state index contributed by atoms with van der Waals surface area (Å²) in [5.74, 6) is 1.61. The Morgan fingerprint density at radius 3 is 1.59 bits per heavy atom. The third kappa shape index (κ3) is 27.2. The molecule has 1 N–H and O–H groups in total. The van der Waals surface area contributed by atoms with Gasteiger partial charge in [0, 0.05) is 6.04 Å². The highest BCUT2D eigenvalue weighted by Crippen LogP contribution is 2.11. The van der Waals surface area contributed by atoms with E-state index in [9.17, 15) is 0 Å². The fourth-order valence-electron chi connectivity index (χ4n) is 2.12. The molecule has 0 heterocycles. The van der Waals surface area contributed by atoms with Crippen molar-refractivity contribution >= 4 is 0 Å².